The van der Waals surface area contributed by atoms with Gasteiger partial charge in [-0.25, -0.2) is 0 Å². The second-order valence-electron chi connectivity index (χ2n) is 4.71. The van der Waals surface area contributed by atoms with Gasteiger partial charge in [0.25, 0.3) is 0 Å². The van der Waals surface area contributed by atoms with Crippen LogP contribution in [0, 0.1) is 5.41 Å². The molecular weight excluding hydrogens is 222 g/mol. The van der Waals surface area contributed by atoms with E-state index in [2.05, 4.69) is 5.32 Å². The minimum atomic E-state index is -1.05. The molecule has 0 aromatic rings. The zero-order valence-corrected chi connectivity index (χ0v) is 9.98. The molecule has 1 amide bonds. The van der Waals surface area contributed by atoms with E-state index >= 15 is 0 Å². The van der Waals surface area contributed by atoms with Gasteiger partial charge in [0, 0.05) is 5.41 Å². The third kappa shape index (κ3) is 4.19. The molecule has 0 heterocycles. The number of carbonyl (C=O) groups excluding carboxylic acids is 1. The Morgan fingerprint density at radius 3 is 2.82 bits per heavy atom. The number of carboxylic acids is 1. The highest BCUT2D eigenvalue weighted by Crippen LogP contribution is 2.32. The molecule has 2 atom stereocenters. The molecule has 3 N–H and O–H groups in total. The Bertz CT molecular complexity index is 326. The maximum absolute atomic E-state index is 11.9. The Kier molecular flexibility index (Phi) is 4.69. The molecule has 0 saturated carbocycles. The average molecular weight is 241 g/mol. The molecule has 0 saturated heterocycles. The van der Waals surface area contributed by atoms with Gasteiger partial charge in [-0.3, -0.25) is 9.59 Å². The molecule has 0 radical (unpaired) electrons. The zero-order valence-electron chi connectivity index (χ0n) is 9.98. The van der Waals surface area contributed by atoms with Crippen molar-refractivity contribution >= 4 is 11.9 Å². The molecule has 0 aliphatic heterocycles. The quantitative estimate of drug-likeness (QED) is 0.634. The van der Waals surface area contributed by atoms with Gasteiger partial charge in [-0.2, -0.15) is 0 Å². The van der Waals surface area contributed by atoms with Crippen molar-refractivity contribution in [2.45, 2.75) is 38.7 Å². The van der Waals surface area contributed by atoms with Crippen molar-refractivity contribution in [1.82, 2.24) is 5.32 Å². The molecule has 0 bridgehead atoms. The first-order chi connectivity index (χ1) is 7.94. The van der Waals surface area contributed by atoms with Crippen LogP contribution in [0.4, 0.5) is 0 Å². The highest BCUT2D eigenvalue weighted by molar-refractivity contribution is 5.85. The van der Waals surface area contributed by atoms with Gasteiger partial charge in [0.05, 0.1) is 6.10 Å². The van der Waals surface area contributed by atoms with E-state index in [1.165, 1.54) is 0 Å². The molecule has 0 aromatic carbocycles. The monoisotopic (exact) mass is 241 g/mol. The van der Waals surface area contributed by atoms with E-state index < -0.39 is 17.5 Å². The van der Waals surface area contributed by atoms with Crippen LogP contribution in [-0.2, 0) is 9.59 Å². The Balaban J connectivity index is 2.61. The maximum Gasteiger partial charge on any atom is 0.322 e. The van der Waals surface area contributed by atoms with Gasteiger partial charge >= 0.3 is 5.97 Å². The second-order valence-corrected chi connectivity index (χ2v) is 4.71. The Morgan fingerprint density at radius 1 is 1.47 bits per heavy atom. The SMILES string of the molecule is C[C@@]1(C(=O)NCC(=O)O)CC/C=C/[C@H](O)CC1. The number of allylic oxidation sites excluding steroid dienone is 1. The first-order valence-corrected chi connectivity index (χ1v) is 5.79. The Morgan fingerprint density at radius 2 is 2.18 bits per heavy atom. The number of aliphatic carboxylic acids is 1. The lowest BCUT2D eigenvalue weighted by Gasteiger charge is -2.29. The summed E-state index contributed by atoms with van der Waals surface area (Å²) < 4.78 is 0. The van der Waals surface area contributed by atoms with Crippen LogP contribution in [0.3, 0.4) is 0 Å². The van der Waals surface area contributed by atoms with Gasteiger partial charge in [-0.15, -0.1) is 0 Å². The van der Waals surface area contributed by atoms with Crippen molar-refractivity contribution < 1.29 is 19.8 Å². The molecule has 1 aliphatic rings. The topological polar surface area (TPSA) is 86.6 Å². The number of amides is 1. The van der Waals surface area contributed by atoms with Crippen LogP contribution in [0.2, 0.25) is 0 Å². The molecule has 96 valence electrons. The van der Waals surface area contributed by atoms with Gasteiger partial charge in [0.1, 0.15) is 6.54 Å². The zero-order chi connectivity index (χ0) is 12.9. The lowest BCUT2D eigenvalue weighted by molar-refractivity contribution is -0.140. The molecule has 17 heavy (non-hydrogen) atoms. The van der Waals surface area contributed by atoms with Gasteiger partial charge in [0.2, 0.25) is 5.91 Å². The summed E-state index contributed by atoms with van der Waals surface area (Å²) in [6.45, 7) is 1.46. The summed E-state index contributed by atoms with van der Waals surface area (Å²) in [7, 11) is 0. The number of aliphatic hydroxyl groups is 1. The average Bonchev–Trinajstić information content (AvgIpc) is 2.26. The molecule has 1 aliphatic carbocycles. The van der Waals surface area contributed by atoms with Crippen molar-refractivity contribution in [3.05, 3.63) is 12.2 Å². The van der Waals surface area contributed by atoms with Crippen LogP contribution in [0.25, 0.3) is 0 Å². The van der Waals surface area contributed by atoms with E-state index in [0.29, 0.717) is 25.7 Å². The van der Waals surface area contributed by atoms with Crippen LogP contribution in [-0.4, -0.2) is 34.7 Å². The molecule has 5 heteroatoms. The highest BCUT2D eigenvalue weighted by atomic mass is 16.4. The summed E-state index contributed by atoms with van der Waals surface area (Å²) in [4.78, 5) is 22.3. The Hall–Kier alpha value is -1.36. The Labute approximate surface area is 101 Å². The summed E-state index contributed by atoms with van der Waals surface area (Å²) in [5, 5.41) is 20.5. The number of carboxylic acid groups (broad SMARTS) is 1. The van der Waals surface area contributed by atoms with E-state index in [4.69, 9.17) is 5.11 Å². The lowest BCUT2D eigenvalue weighted by Crippen LogP contribution is -2.41. The van der Waals surface area contributed by atoms with Crippen LogP contribution in [0.5, 0.6) is 0 Å². The number of nitrogens with one attached hydrogen (secondary N) is 1. The first-order valence-electron chi connectivity index (χ1n) is 5.79. The fraction of sp³-hybridized carbons (Fsp3) is 0.667. The number of hydrogen-bond donors (Lipinski definition) is 3. The van der Waals surface area contributed by atoms with Crippen LogP contribution >= 0.6 is 0 Å². The summed E-state index contributed by atoms with van der Waals surface area (Å²) in [6.07, 6.45) is 5.57. The highest BCUT2D eigenvalue weighted by Gasteiger charge is 2.33. The number of aliphatic hydroxyl groups excluding tert-OH is 1. The maximum atomic E-state index is 11.9. The van der Waals surface area contributed by atoms with Crippen molar-refractivity contribution in [1.29, 1.82) is 0 Å². The summed E-state index contributed by atoms with van der Waals surface area (Å²) >= 11 is 0. The van der Waals surface area contributed by atoms with Gasteiger partial charge in [-0.1, -0.05) is 19.1 Å². The standard InChI is InChI=1S/C12H19NO4/c1-12(11(17)13-8-10(15)16)6-3-2-4-9(14)5-7-12/h2,4,9,14H,3,5-8H2,1H3,(H,13,17)(H,15,16)/b4-2+/t9-,12+/m0/s1. The largest absolute Gasteiger partial charge is 0.480 e. The fourth-order valence-corrected chi connectivity index (χ4v) is 1.94. The first kappa shape index (κ1) is 13.7. The van der Waals surface area contributed by atoms with Gasteiger partial charge in [-0.05, 0) is 25.7 Å². The summed E-state index contributed by atoms with van der Waals surface area (Å²) in [6, 6.07) is 0. The predicted molar refractivity (Wildman–Crippen MR) is 62.4 cm³/mol. The van der Waals surface area contributed by atoms with Gasteiger partial charge < -0.3 is 15.5 Å². The van der Waals surface area contributed by atoms with Gasteiger partial charge in [0.15, 0.2) is 0 Å². The molecule has 0 aromatic heterocycles. The molecule has 0 spiro atoms. The molecule has 0 fully saturated rings. The van der Waals surface area contributed by atoms with E-state index in [0.717, 1.165) is 0 Å². The number of rotatable bonds is 3. The van der Waals surface area contributed by atoms with Crippen molar-refractivity contribution in [3.8, 4) is 0 Å². The minimum absolute atomic E-state index is 0.248. The molecular formula is C12H19NO4. The van der Waals surface area contributed by atoms with Crippen LogP contribution in [0.15, 0.2) is 12.2 Å². The van der Waals surface area contributed by atoms with Crippen molar-refractivity contribution in [2.24, 2.45) is 5.41 Å². The third-order valence-electron chi connectivity index (χ3n) is 3.16. The van der Waals surface area contributed by atoms with Crippen molar-refractivity contribution in [2.75, 3.05) is 6.54 Å². The van der Waals surface area contributed by atoms with Crippen LogP contribution < -0.4 is 5.32 Å². The summed E-state index contributed by atoms with van der Waals surface area (Å²) in [5.41, 5.74) is -0.596. The normalized spacial score (nSPS) is 31.1. The smallest absolute Gasteiger partial charge is 0.322 e. The summed E-state index contributed by atoms with van der Waals surface area (Å²) in [5.74, 6) is -1.30. The molecule has 0 unspecified atom stereocenters. The molecule has 1 rings (SSSR count). The predicted octanol–water partition coefficient (Wildman–Crippen LogP) is 0.685. The molecule has 5 nitrogen and oxygen atoms in total. The van der Waals surface area contributed by atoms with E-state index in [1.807, 2.05) is 13.0 Å². The van der Waals surface area contributed by atoms with E-state index in [-0.39, 0.29) is 12.5 Å². The third-order valence-corrected chi connectivity index (χ3v) is 3.16. The lowest BCUT2D eigenvalue weighted by atomic mass is 9.78. The fourth-order valence-electron chi connectivity index (χ4n) is 1.94. The van der Waals surface area contributed by atoms with E-state index in [1.54, 1.807) is 6.08 Å². The second kappa shape index (κ2) is 5.82. The van der Waals surface area contributed by atoms with Crippen LogP contribution in [0.1, 0.15) is 32.6 Å². The number of hydrogen-bond acceptors (Lipinski definition) is 3. The van der Waals surface area contributed by atoms with Crippen molar-refractivity contribution in [3.63, 3.8) is 0 Å². The number of carbonyl (C=O) groups is 2. The minimum Gasteiger partial charge on any atom is -0.480 e. The van der Waals surface area contributed by atoms with E-state index in [9.17, 15) is 14.7 Å².